The van der Waals surface area contributed by atoms with Crippen molar-refractivity contribution in [3.05, 3.63) is 64.1 Å². The van der Waals surface area contributed by atoms with Crippen LogP contribution < -0.4 is 10.9 Å². The molecule has 0 aliphatic heterocycles. The molecule has 17 heavy (non-hydrogen) atoms. The van der Waals surface area contributed by atoms with Gasteiger partial charge in [0, 0.05) is 10.0 Å². The van der Waals surface area contributed by atoms with Crippen LogP contribution in [0.2, 0.25) is 10.0 Å². The Balaban J connectivity index is 2.08. The van der Waals surface area contributed by atoms with Crippen LogP contribution in [-0.4, -0.2) is 0 Å². The van der Waals surface area contributed by atoms with Gasteiger partial charge in [-0.25, -0.2) is 5.84 Å². The van der Waals surface area contributed by atoms with E-state index in [1.165, 1.54) is 0 Å². The molecule has 0 amide bonds. The average molecular weight is 267 g/mol. The van der Waals surface area contributed by atoms with Crippen LogP contribution in [-0.2, 0) is 6.54 Å². The van der Waals surface area contributed by atoms with Crippen LogP contribution in [0.5, 0.6) is 0 Å². The van der Waals surface area contributed by atoms with Gasteiger partial charge in [0.1, 0.15) is 0 Å². The Labute approximate surface area is 111 Å². The van der Waals surface area contributed by atoms with Crippen molar-refractivity contribution < 1.29 is 0 Å². The largest absolute Gasteiger partial charge is 0.307 e. The number of nitrogens with zero attached hydrogens (tertiary/aromatic N) is 1. The Morgan fingerprint density at radius 3 is 1.82 bits per heavy atom. The zero-order chi connectivity index (χ0) is 12.3. The Hall–Kier alpha value is -1.22. The number of nitrogens with two attached hydrogens (primary N) is 1. The van der Waals surface area contributed by atoms with E-state index in [2.05, 4.69) is 0 Å². The second-order valence-corrected chi connectivity index (χ2v) is 4.60. The number of halogens is 2. The first-order chi connectivity index (χ1) is 8.15. The Morgan fingerprint density at radius 2 is 1.29 bits per heavy atom. The number of rotatable bonds is 3. The molecule has 2 N–H and O–H groups in total. The number of hydrogen-bond acceptors (Lipinski definition) is 2. The van der Waals surface area contributed by atoms with E-state index in [0.29, 0.717) is 11.6 Å². The van der Waals surface area contributed by atoms with Gasteiger partial charge in [-0.2, -0.15) is 0 Å². The summed E-state index contributed by atoms with van der Waals surface area (Å²) in [6.07, 6.45) is 0. The molecule has 0 aromatic heterocycles. The first kappa shape index (κ1) is 12.2. The van der Waals surface area contributed by atoms with Crippen molar-refractivity contribution in [2.24, 2.45) is 5.84 Å². The molecular formula is C13H12Cl2N2. The molecule has 4 heteroatoms. The summed E-state index contributed by atoms with van der Waals surface area (Å²) >= 11 is 11.6. The van der Waals surface area contributed by atoms with Crippen molar-refractivity contribution in [2.45, 2.75) is 6.54 Å². The van der Waals surface area contributed by atoms with Crippen molar-refractivity contribution in [3.8, 4) is 0 Å². The second-order valence-electron chi connectivity index (χ2n) is 3.73. The van der Waals surface area contributed by atoms with E-state index in [4.69, 9.17) is 29.0 Å². The lowest BCUT2D eigenvalue weighted by atomic mass is 10.2. The summed E-state index contributed by atoms with van der Waals surface area (Å²) in [5.74, 6) is 5.97. The van der Waals surface area contributed by atoms with Gasteiger partial charge in [-0.3, -0.25) is 0 Å². The smallest absolute Gasteiger partial charge is 0.0592 e. The highest BCUT2D eigenvalue weighted by molar-refractivity contribution is 6.30. The van der Waals surface area contributed by atoms with Crippen LogP contribution in [0.1, 0.15) is 5.56 Å². The van der Waals surface area contributed by atoms with E-state index < -0.39 is 0 Å². The topological polar surface area (TPSA) is 29.3 Å². The van der Waals surface area contributed by atoms with Gasteiger partial charge in [0.2, 0.25) is 0 Å². The summed E-state index contributed by atoms with van der Waals surface area (Å²) in [6.45, 7) is 0.624. The number of hydrogen-bond donors (Lipinski definition) is 1. The first-order valence-corrected chi connectivity index (χ1v) is 5.93. The SMILES string of the molecule is NN(Cc1ccc(Cl)cc1)c1ccc(Cl)cc1. The molecule has 0 atom stereocenters. The highest BCUT2D eigenvalue weighted by Gasteiger charge is 2.02. The monoisotopic (exact) mass is 266 g/mol. The molecule has 0 aliphatic rings. The third kappa shape index (κ3) is 3.37. The maximum absolute atomic E-state index is 5.97. The lowest BCUT2D eigenvalue weighted by molar-refractivity contribution is 0.853. The Morgan fingerprint density at radius 1 is 0.824 bits per heavy atom. The number of anilines is 1. The molecule has 2 aromatic carbocycles. The van der Waals surface area contributed by atoms with E-state index in [9.17, 15) is 0 Å². The van der Waals surface area contributed by atoms with Crippen molar-refractivity contribution in [3.63, 3.8) is 0 Å². The maximum Gasteiger partial charge on any atom is 0.0592 e. The van der Waals surface area contributed by atoms with Crippen LogP contribution in [0.4, 0.5) is 5.69 Å². The van der Waals surface area contributed by atoms with Gasteiger partial charge in [-0.1, -0.05) is 35.3 Å². The lowest BCUT2D eigenvalue weighted by Crippen LogP contribution is -2.29. The summed E-state index contributed by atoms with van der Waals surface area (Å²) in [7, 11) is 0. The molecule has 2 rings (SSSR count). The van der Waals surface area contributed by atoms with E-state index in [0.717, 1.165) is 16.3 Å². The molecule has 2 nitrogen and oxygen atoms in total. The summed E-state index contributed by atoms with van der Waals surface area (Å²) < 4.78 is 0. The van der Waals surface area contributed by atoms with Crippen LogP contribution in [0.3, 0.4) is 0 Å². The van der Waals surface area contributed by atoms with Crippen molar-refractivity contribution in [1.29, 1.82) is 0 Å². The quantitative estimate of drug-likeness (QED) is 0.675. The molecule has 0 bridgehead atoms. The van der Waals surface area contributed by atoms with E-state index >= 15 is 0 Å². The molecule has 0 spiro atoms. The molecule has 0 saturated carbocycles. The molecule has 0 heterocycles. The van der Waals surface area contributed by atoms with Crippen LogP contribution in [0.25, 0.3) is 0 Å². The summed E-state index contributed by atoms with van der Waals surface area (Å²) in [6, 6.07) is 15.0. The fourth-order valence-electron chi connectivity index (χ4n) is 1.51. The van der Waals surface area contributed by atoms with Gasteiger partial charge < -0.3 is 5.01 Å². The lowest BCUT2D eigenvalue weighted by Gasteiger charge is -2.18. The van der Waals surface area contributed by atoms with Gasteiger partial charge >= 0.3 is 0 Å². The van der Waals surface area contributed by atoms with E-state index in [1.807, 2.05) is 48.5 Å². The normalized spacial score (nSPS) is 10.3. The maximum atomic E-state index is 5.97. The van der Waals surface area contributed by atoms with Gasteiger partial charge in [-0.15, -0.1) is 0 Å². The van der Waals surface area contributed by atoms with Crippen molar-refractivity contribution in [1.82, 2.24) is 0 Å². The van der Waals surface area contributed by atoms with Gasteiger partial charge in [0.05, 0.1) is 12.2 Å². The van der Waals surface area contributed by atoms with Gasteiger partial charge in [0.25, 0.3) is 0 Å². The summed E-state index contributed by atoms with van der Waals surface area (Å²) in [5.41, 5.74) is 2.02. The molecule has 0 unspecified atom stereocenters. The molecule has 0 saturated heterocycles. The van der Waals surface area contributed by atoms with Gasteiger partial charge in [-0.05, 0) is 42.0 Å². The second kappa shape index (κ2) is 5.41. The summed E-state index contributed by atoms with van der Waals surface area (Å²) in [4.78, 5) is 0. The van der Waals surface area contributed by atoms with E-state index in [1.54, 1.807) is 5.01 Å². The van der Waals surface area contributed by atoms with Crippen molar-refractivity contribution >= 4 is 28.9 Å². The highest BCUT2D eigenvalue weighted by atomic mass is 35.5. The van der Waals surface area contributed by atoms with Crippen LogP contribution >= 0.6 is 23.2 Å². The minimum absolute atomic E-state index is 0.624. The predicted octanol–water partition coefficient (Wildman–Crippen LogP) is 3.87. The molecule has 0 aliphatic carbocycles. The van der Waals surface area contributed by atoms with Crippen molar-refractivity contribution in [2.75, 3.05) is 5.01 Å². The average Bonchev–Trinajstić information content (AvgIpc) is 2.33. The predicted molar refractivity (Wildman–Crippen MR) is 73.3 cm³/mol. The molecule has 2 aromatic rings. The highest BCUT2D eigenvalue weighted by Crippen LogP contribution is 2.18. The van der Waals surface area contributed by atoms with Crippen LogP contribution in [0, 0.1) is 0 Å². The third-order valence-electron chi connectivity index (χ3n) is 2.42. The molecule has 0 fully saturated rings. The zero-order valence-corrected chi connectivity index (χ0v) is 10.6. The first-order valence-electron chi connectivity index (χ1n) is 5.17. The molecular weight excluding hydrogens is 255 g/mol. The fraction of sp³-hybridized carbons (Fsp3) is 0.0769. The Bertz CT molecular complexity index is 480. The van der Waals surface area contributed by atoms with Gasteiger partial charge in [0.15, 0.2) is 0 Å². The third-order valence-corrected chi connectivity index (χ3v) is 2.93. The minimum Gasteiger partial charge on any atom is -0.307 e. The minimum atomic E-state index is 0.624. The van der Waals surface area contributed by atoms with E-state index in [-0.39, 0.29) is 0 Å². The fourth-order valence-corrected chi connectivity index (χ4v) is 1.76. The number of benzene rings is 2. The number of hydrazine groups is 1. The van der Waals surface area contributed by atoms with Crippen LogP contribution in [0.15, 0.2) is 48.5 Å². The molecule has 88 valence electrons. The summed E-state index contributed by atoms with van der Waals surface area (Å²) in [5, 5.41) is 3.09. The Kier molecular flexibility index (Phi) is 3.89. The zero-order valence-electron chi connectivity index (χ0n) is 9.11. The molecule has 0 radical (unpaired) electrons. The standard InChI is InChI=1S/C13H12Cl2N2/c14-11-3-1-10(2-4-11)9-17(16)13-7-5-12(15)6-8-13/h1-8H,9,16H2.